The Morgan fingerprint density at radius 1 is 0.315 bits per heavy atom. The molecule has 7 aromatic rings. The third kappa shape index (κ3) is 12.4. The van der Waals surface area contributed by atoms with Gasteiger partial charge in [0, 0.05) is 0 Å². The molecule has 0 N–H and O–H groups in total. The van der Waals surface area contributed by atoms with Gasteiger partial charge in [0.1, 0.15) is 0 Å². The molecule has 280 valence electrons. The fourth-order valence-electron chi connectivity index (χ4n) is 6.15. The molecule has 0 spiro atoms. The number of benzene rings is 7. The minimum Gasteiger partial charge on any atom is -1.00 e. The van der Waals surface area contributed by atoms with E-state index in [-0.39, 0.29) is 42.7 Å². The molecule has 7 aromatic carbocycles. The van der Waals surface area contributed by atoms with Crippen molar-refractivity contribution in [3.8, 4) is 0 Å². The molecule has 0 nitrogen and oxygen atoms in total. The van der Waals surface area contributed by atoms with Gasteiger partial charge in [-0.25, -0.2) is 0 Å². The first kappa shape index (κ1) is 46.9. The van der Waals surface area contributed by atoms with Crippen LogP contribution in [0.2, 0.25) is 0 Å². The SMILES string of the molecule is Cc1[c-]cccc1.Cc1ccccc1P(c1ccccc1C)c1ccccc1C.Cc1ccccc1P(c1ccccc1C)c1ccccc1C.P.[Cl-].[Pd+2]. The van der Waals surface area contributed by atoms with Crippen LogP contribution in [0, 0.1) is 54.5 Å². The van der Waals surface area contributed by atoms with E-state index in [0.29, 0.717) is 0 Å². The third-order valence-electron chi connectivity index (χ3n) is 9.00. The summed E-state index contributed by atoms with van der Waals surface area (Å²) < 4.78 is 0. The zero-order valence-electron chi connectivity index (χ0n) is 32.5. The van der Waals surface area contributed by atoms with Crippen LogP contribution >= 0.6 is 25.7 Å². The molecule has 5 heteroatoms. The first-order valence-corrected chi connectivity index (χ1v) is 20.3. The Morgan fingerprint density at radius 3 is 0.667 bits per heavy atom. The second-order valence-corrected chi connectivity index (χ2v) is 17.2. The van der Waals surface area contributed by atoms with Crippen molar-refractivity contribution >= 4 is 57.6 Å². The van der Waals surface area contributed by atoms with Gasteiger partial charge in [0.2, 0.25) is 0 Å². The maximum Gasteiger partial charge on any atom is 2.00 e. The molecule has 0 aliphatic rings. The van der Waals surface area contributed by atoms with Crippen molar-refractivity contribution in [3.63, 3.8) is 0 Å². The van der Waals surface area contributed by atoms with E-state index in [1.54, 1.807) is 0 Å². The summed E-state index contributed by atoms with van der Waals surface area (Å²) in [7, 11) is -1.02. The Hall–Kier alpha value is -3.22. The summed E-state index contributed by atoms with van der Waals surface area (Å²) in [6.07, 6.45) is 0. The van der Waals surface area contributed by atoms with E-state index < -0.39 is 15.8 Å². The molecule has 0 bridgehead atoms. The fraction of sp³-hybridized carbons (Fsp3) is 0.143. The average Bonchev–Trinajstić information content (AvgIpc) is 3.14. The van der Waals surface area contributed by atoms with Gasteiger partial charge in [-0.1, -0.05) is 153 Å². The van der Waals surface area contributed by atoms with Crippen molar-refractivity contribution < 1.29 is 32.8 Å². The molecule has 0 aliphatic carbocycles. The van der Waals surface area contributed by atoms with Gasteiger partial charge in [0.05, 0.1) is 0 Å². The van der Waals surface area contributed by atoms with E-state index in [0.717, 1.165) is 0 Å². The molecule has 0 radical (unpaired) electrons. The standard InChI is InChI=1S/2C21H21P.C7H7.ClH.H3P.Pd/c2*1-16-10-4-7-13-19(16)22(20-14-8-5-11-17(20)2)21-15-9-6-12-18(21)3;1-7-5-3-2-4-6-7;;;/h2*4-15H,1-3H3;2-5H,1H3;1H;1H3;/q;;-1;;;+2/p-1. The van der Waals surface area contributed by atoms with Crippen LogP contribution in [-0.2, 0) is 20.4 Å². The number of hydrogen-bond donors (Lipinski definition) is 0. The van der Waals surface area contributed by atoms with Crippen LogP contribution in [0.25, 0.3) is 0 Å². The van der Waals surface area contributed by atoms with Gasteiger partial charge >= 0.3 is 20.4 Å². The summed E-state index contributed by atoms with van der Waals surface area (Å²) >= 11 is 0. The van der Waals surface area contributed by atoms with Crippen LogP contribution in [0.1, 0.15) is 38.9 Å². The molecule has 0 aliphatic heterocycles. The van der Waals surface area contributed by atoms with Crippen molar-refractivity contribution in [2.24, 2.45) is 0 Å². The average molecular weight is 876 g/mol. The zero-order chi connectivity index (χ0) is 36.2. The second-order valence-electron chi connectivity index (χ2n) is 12.9. The van der Waals surface area contributed by atoms with Crippen LogP contribution in [0.3, 0.4) is 0 Å². The summed E-state index contributed by atoms with van der Waals surface area (Å²) in [6, 6.07) is 63.8. The largest absolute Gasteiger partial charge is 2.00 e. The zero-order valence-corrected chi connectivity index (χ0v) is 38.0. The van der Waals surface area contributed by atoms with Gasteiger partial charge in [-0.3, -0.25) is 0 Å². The summed E-state index contributed by atoms with van der Waals surface area (Å²) in [5, 5.41) is 8.76. The van der Waals surface area contributed by atoms with Gasteiger partial charge in [0.25, 0.3) is 0 Å². The Morgan fingerprint density at radius 2 is 0.519 bits per heavy atom. The van der Waals surface area contributed by atoms with Crippen molar-refractivity contribution in [1.82, 2.24) is 0 Å². The van der Waals surface area contributed by atoms with E-state index in [4.69, 9.17) is 0 Å². The molecule has 54 heavy (non-hydrogen) atoms. The maximum atomic E-state index is 3.03. The molecule has 1 unspecified atom stereocenters. The second kappa shape index (κ2) is 23.6. The summed E-state index contributed by atoms with van der Waals surface area (Å²) in [5.41, 5.74) is 9.45. The third-order valence-corrected chi connectivity index (χ3v) is 14.9. The fourth-order valence-corrected chi connectivity index (χ4v) is 11.7. The minimum atomic E-state index is -0.508. The van der Waals surface area contributed by atoms with Crippen LogP contribution in [0.4, 0.5) is 0 Å². The van der Waals surface area contributed by atoms with Crippen LogP contribution in [0.5, 0.6) is 0 Å². The smallest absolute Gasteiger partial charge is 1.00 e. The Labute approximate surface area is 351 Å². The molecule has 7 rings (SSSR count). The first-order chi connectivity index (χ1) is 24.8. The molecule has 0 aromatic heterocycles. The molecular weight excluding hydrogens is 823 g/mol. The number of halogens is 1. The number of rotatable bonds is 6. The van der Waals surface area contributed by atoms with Gasteiger partial charge in [-0.15, -0.1) is 0 Å². The minimum absolute atomic E-state index is 0. The number of aryl methyl sites for hydroxylation is 7. The van der Waals surface area contributed by atoms with Crippen molar-refractivity contribution in [2.75, 3.05) is 0 Å². The van der Waals surface area contributed by atoms with Crippen molar-refractivity contribution in [1.29, 1.82) is 0 Å². The van der Waals surface area contributed by atoms with Gasteiger partial charge in [0.15, 0.2) is 0 Å². The van der Waals surface area contributed by atoms with E-state index in [1.165, 1.54) is 70.8 Å². The Kier molecular flexibility index (Phi) is 20.6. The molecule has 1 atom stereocenters. The van der Waals surface area contributed by atoms with Crippen molar-refractivity contribution in [2.45, 2.75) is 48.5 Å². The summed E-state index contributed by atoms with van der Waals surface area (Å²) in [5.74, 6) is 0. The molecule has 0 amide bonds. The Balaban J connectivity index is 0.000000302. The molecule has 0 heterocycles. The van der Waals surface area contributed by atoms with Gasteiger partial charge in [-0.05, 0) is 123 Å². The molecule has 0 saturated heterocycles. The summed E-state index contributed by atoms with van der Waals surface area (Å²) in [6.45, 7) is 15.4. The van der Waals surface area contributed by atoms with Crippen LogP contribution in [-0.4, -0.2) is 0 Å². The topological polar surface area (TPSA) is 0 Å². The van der Waals surface area contributed by atoms with Gasteiger partial charge in [-0.2, -0.15) is 45.8 Å². The van der Waals surface area contributed by atoms with Crippen LogP contribution < -0.4 is 44.2 Å². The summed E-state index contributed by atoms with van der Waals surface area (Å²) in [4.78, 5) is 0. The molecule has 0 fully saturated rings. The van der Waals surface area contributed by atoms with Crippen molar-refractivity contribution in [3.05, 3.63) is 215 Å². The predicted molar refractivity (Wildman–Crippen MR) is 240 cm³/mol. The predicted octanol–water partition coefficient (Wildman–Crippen LogP) is 7.59. The van der Waals surface area contributed by atoms with E-state index in [9.17, 15) is 0 Å². The quantitative estimate of drug-likeness (QED) is 0.0919. The maximum absolute atomic E-state index is 3.03. The Bertz CT molecular complexity index is 1810. The van der Waals surface area contributed by atoms with E-state index in [1.807, 2.05) is 31.2 Å². The van der Waals surface area contributed by atoms with E-state index in [2.05, 4.69) is 193 Å². The van der Waals surface area contributed by atoms with Gasteiger partial charge < -0.3 is 12.4 Å². The van der Waals surface area contributed by atoms with E-state index >= 15 is 0 Å². The molecule has 0 saturated carbocycles. The monoisotopic (exact) mass is 874 g/mol. The first-order valence-electron chi connectivity index (χ1n) is 17.6. The van der Waals surface area contributed by atoms with Crippen LogP contribution in [0.15, 0.2) is 170 Å². The molecular formula is C49H52ClP3Pd. The number of hydrogen-bond acceptors (Lipinski definition) is 0. The normalized spacial score (nSPS) is 10.0.